The number of methoxy groups -OCH3 is 3. The van der Waals surface area contributed by atoms with Crippen LogP contribution in [-0.2, 0) is 27.2 Å². The number of hydrogen-bond donors (Lipinski definition) is 1. The van der Waals surface area contributed by atoms with Gasteiger partial charge in [-0.25, -0.2) is 9.78 Å². The number of nitrogens with one attached hydrogen (secondary N) is 1. The highest BCUT2D eigenvalue weighted by atomic mass is 16.6. The molecule has 0 aliphatic carbocycles. The van der Waals surface area contributed by atoms with Crippen LogP contribution in [0.15, 0.2) is 60.8 Å². The fourth-order valence-electron chi connectivity index (χ4n) is 4.52. The molecule has 2 aromatic carbocycles. The second-order valence-electron chi connectivity index (χ2n) is 9.73. The highest BCUT2D eigenvalue weighted by molar-refractivity contribution is 5.98. The Balaban J connectivity index is 1.80. The van der Waals surface area contributed by atoms with Gasteiger partial charge in [0.2, 0.25) is 5.75 Å². The number of carbonyl (C=O) groups is 3. The van der Waals surface area contributed by atoms with Gasteiger partial charge in [-0.2, -0.15) is 0 Å². The van der Waals surface area contributed by atoms with Gasteiger partial charge in [0.05, 0.1) is 21.3 Å². The largest absolute Gasteiger partial charge is 0.497 e. The Labute approximate surface area is 246 Å². The predicted molar refractivity (Wildman–Crippen MR) is 156 cm³/mol. The Hall–Kier alpha value is -4.60. The summed E-state index contributed by atoms with van der Waals surface area (Å²) in [4.78, 5) is 42.2. The van der Waals surface area contributed by atoms with E-state index in [0.717, 1.165) is 22.6 Å². The summed E-state index contributed by atoms with van der Waals surface area (Å²) in [6.07, 6.45) is 2.34. The summed E-state index contributed by atoms with van der Waals surface area (Å²) in [5.41, 5.74) is 1.89. The molecule has 10 heteroatoms. The number of rotatable bonds is 14. The number of aromatic nitrogens is 1. The van der Waals surface area contributed by atoms with E-state index in [2.05, 4.69) is 10.3 Å². The molecule has 1 amide bonds. The lowest BCUT2D eigenvalue weighted by atomic mass is 9.88. The molecule has 0 saturated heterocycles. The van der Waals surface area contributed by atoms with Gasteiger partial charge in [0.1, 0.15) is 23.6 Å². The Morgan fingerprint density at radius 3 is 1.98 bits per heavy atom. The van der Waals surface area contributed by atoms with Crippen LogP contribution in [0.3, 0.4) is 0 Å². The van der Waals surface area contributed by atoms with Crippen LogP contribution in [0.4, 0.5) is 0 Å². The maximum absolute atomic E-state index is 13.3. The van der Waals surface area contributed by atoms with Gasteiger partial charge in [-0.15, -0.1) is 0 Å². The zero-order valence-corrected chi connectivity index (χ0v) is 24.8. The molecule has 0 aliphatic heterocycles. The van der Waals surface area contributed by atoms with Crippen molar-refractivity contribution in [2.45, 2.75) is 52.2 Å². The van der Waals surface area contributed by atoms with Gasteiger partial charge in [-0.05, 0) is 61.6 Å². The number of benzene rings is 2. The van der Waals surface area contributed by atoms with Crippen molar-refractivity contribution >= 4 is 17.8 Å². The number of nitrogens with zero attached hydrogens (tertiary/aromatic N) is 1. The lowest BCUT2D eigenvalue weighted by Gasteiger charge is -2.27. The van der Waals surface area contributed by atoms with E-state index in [4.69, 9.17) is 23.7 Å². The fourth-order valence-corrected chi connectivity index (χ4v) is 4.52. The third kappa shape index (κ3) is 8.70. The molecule has 1 aromatic heterocycles. The molecular weight excluding hydrogens is 540 g/mol. The van der Waals surface area contributed by atoms with E-state index in [1.165, 1.54) is 26.3 Å². The van der Waals surface area contributed by atoms with E-state index < -0.39 is 30.0 Å². The van der Waals surface area contributed by atoms with Crippen molar-refractivity contribution in [1.29, 1.82) is 0 Å². The molecule has 3 aromatic rings. The molecular formula is C32H38N2O8. The Morgan fingerprint density at radius 1 is 0.881 bits per heavy atom. The van der Waals surface area contributed by atoms with Crippen molar-refractivity contribution in [3.63, 3.8) is 0 Å². The zero-order chi connectivity index (χ0) is 30.6. The Kier molecular flexibility index (Phi) is 11.7. The molecule has 0 fully saturated rings. The molecule has 224 valence electrons. The Bertz CT molecular complexity index is 1330. The first-order chi connectivity index (χ1) is 20.2. The van der Waals surface area contributed by atoms with E-state index in [1.54, 1.807) is 21.1 Å². The van der Waals surface area contributed by atoms with Crippen LogP contribution in [-0.4, -0.2) is 56.3 Å². The van der Waals surface area contributed by atoms with Crippen molar-refractivity contribution < 1.29 is 38.1 Å². The van der Waals surface area contributed by atoms with Gasteiger partial charge in [-0.3, -0.25) is 9.59 Å². The third-order valence-electron chi connectivity index (χ3n) is 6.78. The van der Waals surface area contributed by atoms with Crippen LogP contribution in [0.25, 0.3) is 0 Å². The molecule has 2 atom stereocenters. The van der Waals surface area contributed by atoms with E-state index in [-0.39, 0.29) is 29.5 Å². The standard InChI is InChI=1S/C32H38N2O8/c1-7-27(34-31(36)29-30(42-21(3)35)28(40-6)14-15-33-29)32(37)41-20(2)24(16-22-10-8-12-25(18-22)38-4)17-23-11-9-13-26(19-23)39-5/h8-15,18-20,24,27H,7,16-17H2,1-6H3,(H,34,36)/t20-,27-/m0/s1. The molecule has 0 radical (unpaired) electrons. The number of hydrogen-bond acceptors (Lipinski definition) is 9. The predicted octanol–water partition coefficient (Wildman–Crippen LogP) is 4.57. The molecule has 42 heavy (non-hydrogen) atoms. The maximum atomic E-state index is 13.3. The highest BCUT2D eigenvalue weighted by Crippen LogP contribution is 2.30. The summed E-state index contributed by atoms with van der Waals surface area (Å²) < 4.78 is 27.1. The van der Waals surface area contributed by atoms with Crippen LogP contribution in [0.5, 0.6) is 23.0 Å². The number of ether oxygens (including phenoxy) is 5. The van der Waals surface area contributed by atoms with Crippen molar-refractivity contribution in [1.82, 2.24) is 10.3 Å². The van der Waals surface area contributed by atoms with Gasteiger partial charge >= 0.3 is 11.9 Å². The summed E-state index contributed by atoms with van der Waals surface area (Å²) in [6.45, 7) is 4.81. The van der Waals surface area contributed by atoms with Crippen LogP contribution in [0.2, 0.25) is 0 Å². The number of pyridine rings is 1. The van der Waals surface area contributed by atoms with Gasteiger partial charge in [0.25, 0.3) is 5.91 Å². The molecule has 0 bridgehead atoms. The maximum Gasteiger partial charge on any atom is 0.328 e. The minimum atomic E-state index is -0.965. The number of carbonyl (C=O) groups excluding carboxylic acids is 3. The first-order valence-electron chi connectivity index (χ1n) is 13.7. The number of esters is 2. The monoisotopic (exact) mass is 578 g/mol. The molecule has 3 rings (SSSR count). The molecule has 0 saturated carbocycles. The molecule has 0 spiro atoms. The first-order valence-corrected chi connectivity index (χ1v) is 13.7. The van der Waals surface area contributed by atoms with E-state index in [1.807, 2.05) is 55.5 Å². The molecule has 1 heterocycles. The van der Waals surface area contributed by atoms with Crippen molar-refractivity contribution in [2.75, 3.05) is 21.3 Å². The van der Waals surface area contributed by atoms with Crippen LogP contribution < -0.4 is 24.3 Å². The summed E-state index contributed by atoms with van der Waals surface area (Å²) in [7, 11) is 4.62. The quantitative estimate of drug-likeness (QED) is 0.274. The molecule has 0 aliphatic rings. The van der Waals surface area contributed by atoms with Gasteiger partial charge in [0, 0.05) is 25.1 Å². The smallest absolute Gasteiger partial charge is 0.328 e. The topological polar surface area (TPSA) is 122 Å². The summed E-state index contributed by atoms with van der Waals surface area (Å²) >= 11 is 0. The summed E-state index contributed by atoms with van der Waals surface area (Å²) in [5.74, 6) is -0.519. The molecule has 1 N–H and O–H groups in total. The SMILES string of the molecule is CC[C@H](NC(=O)c1nccc(OC)c1OC(C)=O)C(=O)O[C@@H](C)C(Cc1cccc(OC)c1)Cc1cccc(OC)c1. The fraction of sp³-hybridized carbons (Fsp3) is 0.375. The first kappa shape index (κ1) is 31.9. The highest BCUT2D eigenvalue weighted by Gasteiger charge is 2.29. The van der Waals surface area contributed by atoms with Crippen LogP contribution >= 0.6 is 0 Å². The minimum Gasteiger partial charge on any atom is -0.497 e. The second-order valence-corrected chi connectivity index (χ2v) is 9.73. The third-order valence-corrected chi connectivity index (χ3v) is 6.78. The van der Waals surface area contributed by atoms with Gasteiger partial charge in [-0.1, -0.05) is 31.2 Å². The molecule has 0 unspecified atom stereocenters. The average Bonchev–Trinajstić information content (AvgIpc) is 2.99. The number of amides is 1. The summed E-state index contributed by atoms with van der Waals surface area (Å²) in [5, 5.41) is 2.67. The molecule has 10 nitrogen and oxygen atoms in total. The Morgan fingerprint density at radius 2 is 1.48 bits per heavy atom. The summed E-state index contributed by atoms with van der Waals surface area (Å²) in [6, 6.07) is 16.0. The second kappa shape index (κ2) is 15.4. The minimum absolute atomic E-state index is 0.100. The van der Waals surface area contributed by atoms with Gasteiger partial charge in [0.15, 0.2) is 11.4 Å². The lowest BCUT2D eigenvalue weighted by Crippen LogP contribution is -2.43. The zero-order valence-electron chi connectivity index (χ0n) is 24.8. The van der Waals surface area contributed by atoms with Crippen molar-refractivity contribution in [3.05, 3.63) is 77.6 Å². The van der Waals surface area contributed by atoms with Gasteiger partial charge < -0.3 is 29.0 Å². The lowest BCUT2D eigenvalue weighted by molar-refractivity contribution is -0.153. The average molecular weight is 579 g/mol. The van der Waals surface area contributed by atoms with E-state index in [0.29, 0.717) is 12.8 Å². The van der Waals surface area contributed by atoms with Crippen LogP contribution in [0.1, 0.15) is 48.8 Å². The normalized spacial score (nSPS) is 12.2. The van der Waals surface area contributed by atoms with E-state index in [9.17, 15) is 14.4 Å². The van der Waals surface area contributed by atoms with Crippen molar-refractivity contribution in [3.8, 4) is 23.0 Å². The van der Waals surface area contributed by atoms with Crippen molar-refractivity contribution in [2.24, 2.45) is 5.92 Å². The van der Waals surface area contributed by atoms with E-state index >= 15 is 0 Å². The van der Waals surface area contributed by atoms with Crippen LogP contribution in [0, 0.1) is 5.92 Å².